The highest BCUT2D eigenvalue weighted by Crippen LogP contribution is 2.04. The highest BCUT2D eigenvalue weighted by Gasteiger charge is 2.33. The number of carboxylic acid groups (broad SMARTS) is 1. The van der Waals surface area contributed by atoms with E-state index in [9.17, 15) is 4.79 Å². The molecule has 0 spiro atoms. The highest BCUT2D eigenvalue weighted by molar-refractivity contribution is 5.72. The summed E-state index contributed by atoms with van der Waals surface area (Å²) in [5.74, 6) is -1.73. The summed E-state index contributed by atoms with van der Waals surface area (Å²) < 4.78 is 0. The largest absolute Gasteiger partial charge is 0.479 e. The van der Waals surface area contributed by atoms with Crippen molar-refractivity contribution in [3.63, 3.8) is 0 Å². The minimum Gasteiger partial charge on any atom is -0.479 e. The van der Waals surface area contributed by atoms with Crippen molar-refractivity contribution in [2.45, 2.75) is 24.4 Å². The minimum absolute atomic E-state index is 0.843. The Morgan fingerprint density at radius 1 is 1.08 bits per heavy atom. The first-order chi connectivity index (χ1) is 5.91. The molecule has 0 saturated carbocycles. The number of aliphatic carboxylic acids is 1. The van der Waals surface area contributed by atoms with E-state index in [2.05, 4.69) is 0 Å². The number of carboxylic acids is 1. The van der Waals surface area contributed by atoms with Gasteiger partial charge in [-0.1, -0.05) is 0 Å². The van der Waals surface area contributed by atoms with E-state index in [-0.39, 0.29) is 0 Å². The van der Waals surface area contributed by atoms with E-state index >= 15 is 0 Å². The first-order valence-electron chi connectivity index (χ1n) is 3.47. The van der Waals surface area contributed by atoms with Crippen LogP contribution in [0.3, 0.4) is 0 Å². The maximum atomic E-state index is 10.1. The van der Waals surface area contributed by atoms with Crippen molar-refractivity contribution in [2.24, 2.45) is 0 Å². The summed E-state index contributed by atoms with van der Waals surface area (Å²) in [5.41, 5.74) is 0. The van der Waals surface area contributed by atoms with Crippen LogP contribution in [0.2, 0.25) is 0 Å². The average Bonchev–Trinajstić information content (AvgIpc) is 2.12. The molecule has 0 aliphatic rings. The summed E-state index contributed by atoms with van der Waals surface area (Å²) >= 11 is 0. The molecule has 7 nitrogen and oxygen atoms in total. The van der Waals surface area contributed by atoms with Crippen LogP contribution in [0.5, 0.6) is 0 Å². The average molecular weight is 196 g/mol. The van der Waals surface area contributed by atoms with Gasteiger partial charge in [0.1, 0.15) is 18.3 Å². The van der Waals surface area contributed by atoms with Crippen molar-refractivity contribution in [1.82, 2.24) is 0 Å². The molecule has 0 aromatic heterocycles. The summed E-state index contributed by atoms with van der Waals surface area (Å²) in [5, 5.41) is 51.8. The Hall–Kier alpha value is -0.730. The van der Waals surface area contributed by atoms with E-state index in [1.54, 1.807) is 0 Å². The number of rotatable bonds is 5. The first-order valence-corrected chi connectivity index (χ1v) is 3.47. The Kier molecular flexibility index (Phi) is 4.81. The third kappa shape index (κ3) is 3.25. The van der Waals surface area contributed by atoms with Crippen molar-refractivity contribution in [3.8, 4) is 0 Å². The van der Waals surface area contributed by atoms with Crippen LogP contribution < -0.4 is 0 Å². The van der Waals surface area contributed by atoms with Crippen molar-refractivity contribution in [1.29, 1.82) is 0 Å². The summed E-state index contributed by atoms with van der Waals surface area (Å²) in [6.45, 7) is -0.843. The Balaban J connectivity index is 4.24. The maximum Gasteiger partial charge on any atom is 0.335 e. The number of hydrogen-bond acceptors (Lipinski definition) is 6. The van der Waals surface area contributed by atoms with Gasteiger partial charge < -0.3 is 30.6 Å². The Labute approximate surface area is 73.5 Å². The molecule has 0 bridgehead atoms. The third-order valence-corrected chi connectivity index (χ3v) is 1.51. The molecule has 0 fully saturated rings. The van der Waals surface area contributed by atoms with Gasteiger partial charge in [0, 0.05) is 0 Å². The number of hydrogen-bond donors (Lipinski definition) is 6. The third-order valence-electron chi connectivity index (χ3n) is 1.51. The standard InChI is InChI=1S/C6H12O7/c7-1-2(8)3(9)4(10)5(11)6(12)13/h2-5,7-11H,1H2,(H,12,13)/t2-,3-,4+,5-/m0/s1. The van der Waals surface area contributed by atoms with Crippen LogP contribution in [0.15, 0.2) is 0 Å². The van der Waals surface area contributed by atoms with E-state index in [4.69, 9.17) is 30.6 Å². The first kappa shape index (κ1) is 12.3. The topological polar surface area (TPSA) is 138 Å². The van der Waals surface area contributed by atoms with Gasteiger partial charge in [0.05, 0.1) is 6.61 Å². The van der Waals surface area contributed by atoms with Gasteiger partial charge in [0.15, 0.2) is 6.10 Å². The zero-order valence-electron chi connectivity index (χ0n) is 6.61. The van der Waals surface area contributed by atoms with Crippen molar-refractivity contribution in [3.05, 3.63) is 0 Å². The van der Waals surface area contributed by atoms with Gasteiger partial charge in [-0.15, -0.1) is 0 Å². The maximum absolute atomic E-state index is 10.1. The summed E-state index contributed by atoms with van der Waals surface area (Å²) in [6.07, 6.45) is -7.84. The van der Waals surface area contributed by atoms with Gasteiger partial charge in [0.2, 0.25) is 0 Å². The molecule has 6 N–H and O–H groups in total. The lowest BCUT2D eigenvalue weighted by atomic mass is 10.0. The van der Waals surface area contributed by atoms with Crippen LogP contribution in [0.4, 0.5) is 0 Å². The molecule has 0 unspecified atom stereocenters. The molecule has 0 aromatic carbocycles. The highest BCUT2D eigenvalue weighted by atomic mass is 16.4. The normalized spacial score (nSPS) is 20.4. The van der Waals surface area contributed by atoms with Gasteiger partial charge in [-0.2, -0.15) is 0 Å². The van der Waals surface area contributed by atoms with Crippen LogP contribution in [0.1, 0.15) is 0 Å². The van der Waals surface area contributed by atoms with Gasteiger partial charge in [0.25, 0.3) is 0 Å². The molecule has 0 aliphatic carbocycles. The second-order valence-electron chi connectivity index (χ2n) is 2.51. The molecule has 0 aliphatic heterocycles. The van der Waals surface area contributed by atoms with E-state index in [0.717, 1.165) is 0 Å². The fraction of sp³-hybridized carbons (Fsp3) is 0.833. The number of carbonyl (C=O) groups is 1. The molecule has 78 valence electrons. The number of aliphatic hydroxyl groups is 5. The lowest BCUT2D eigenvalue weighted by Gasteiger charge is -2.23. The van der Waals surface area contributed by atoms with Gasteiger partial charge >= 0.3 is 5.97 Å². The summed E-state index contributed by atoms with van der Waals surface area (Å²) in [4.78, 5) is 10.1. The molecular formula is C6H12O7. The fourth-order valence-corrected chi connectivity index (χ4v) is 0.668. The minimum atomic E-state index is -2.20. The molecular weight excluding hydrogens is 184 g/mol. The zero-order valence-corrected chi connectivity index (χ0v) is 6.61. The molecule has 13 heavy (non-hydrogen) atoms. The Bertz CT molecular complexity index is 170. The van der Waals surface area contributed by atoms with Crippen LogP contribution in [0.25, 0.3) is 0 Å². The zero-order chi connectivity index (χ0) is 10.6. The SMILES string of the molecule is O=C(O)[C@@H](O)[C@H](O)[C@@H](O)[C@@H](O)CO. The van der Waals surface area contributed by atoms with Crippen LogP contribution >= 0.6 is 0 Å². The molecule has 0 heterocycles. The molecule has 0 aromatic rings. The van der Waals surface area contributed by atoms with Crippen molar-refractivity contribution >= 4 is 5.97 Å². The van der Waals surface area contributed by atoms with Crippen LogP contribution in [0, 0.1) is 0 Å². The smallest absolute Gasteiger partial charge is 0.335 e. The predicted octanol–water partition coefficient (Wildman–Crippen LogP) is -3.49. The quantitative estimate of drug-likeness (QED) is 0.268. The van der Waals surface area contributed by atoms with Crippen LogP contribution in [-0.2, 0) is 4.79 Å². The summed E-state index contributed by atoms with van der Waals surface area (Å²) in [6, 6.07) is 0. The predicted molar refractivity (Wildman–Crippen MR) is 38.7 cm³/mol. The van der Waals surface area contributed by atoms with Gasteiger partial charge in [-0.05, 0) is 0 Å². The lowest BCUT2D eigenvalue weighted by Crippen LogP contribution is -2.48. The van der Waals surface area contributed by atoms with E-state index in [1.807, 2.05) is 0 Å². The molecule has 4 atom stereocenters. The molecule has 0 saturated heterocycles. The van der Waals surface area contributed by atoms with Gasteiger partial charge in [-0.25, -0.2) is 4.79 Å². The second kappa shape index (κ2) is 5.10. The van der Waals surface area contributed by atoms with Crippen molar-refractivity contribution in [2.75, 3.05) is 6.61 Å². The molecule has 0 amide bonds. The fourth-order valence-electron chi connectivity index (χ4n) is 0.668. The van der Waals surface area contributed by atoms with E-state index in [0.29, 0.717) is 0 Å². The van der Waals surface area contributed by atoms with Gasteiger partial charge in [-0.3, -0.25) is 0 Å². The molecule has 0 radical (unpaired) electrons. The Morgan fingerprint density at radius 3 is 1.85 bits per heavy atom. The van der Waals surface area contributed by atoms with E-state index in [1.165, 1.54) is 0 Å². The monoisotopic (exact) mass is 196 g/mol. The van der Waals surface area contributed by atoms with Crippen molar-refractivity contribution < 1.29 is 35.4 Å². The van der Waals surface area contributed by atoms with E-state index < -0.39 is 37.0 Å². The second-order valence-corrected chi connectivity index (χ2v) is 2.51. The Morgan fingerprint density at radius 2 is 1.54 bits per heavy atom. The summed E-state index contributed by atoms with van der Waals surface area (Å²) in [7, 11) is 0. The molecule has 7 heteroatoms. The molecule has 0 rings (SSSR count). The number of aliphatic hydroxyl groups excluding tert-OH is 5. The van der Waals surface area contributed by atoms with Crippen LogP contribution in [-0.4, -0.2) is 67.6 Å². The lowest BCUT2D eigenvalue weighted by molar-refractivity contribution is -0.164.